The molecule has 0 atom stereocenters. The molecule has 2 N–H and O–H groups in total. The summed E-state index contributed by atoms with van der Waals surface area (Å²) in [6.45, 7) is 0. The van der Waals surface area contributed by atoms with E-state index in [9.17, 15) is 14.4 Å². The van der Waals surface area contributed by atoms with Gasteiger partial charge in [-0.1, -0.05) is 18.2 Å². The van der Waals surface area contributed by atoms with E-state index < -0.39 is 17.3 Å². The fourth-order valence-electron chi connectivity index (χ4n) is 1.21. The number of benzene rings is 1. The number of carbonyl (C=O) groups excluding carboxylic acids is 1. The molecular formula is C9H7N3O3. The fraction of sp³-hybridized carbons (Fsp3) is 0. The van der Waals surface area contributed by atoms with Crippen molar-refractivity contribution in [1.29, 1.82) is 0 Å². The predicted molar refractivity (Wildman–Crippen MR) is 51.8 cm³/mol. The van der Waals surface area contributed by atoms with Crippen molar-refractivity contribution in [3.05, 3.63) is 56.9 Å². The molecule has 0 saturated carbocycles. The standard InChI is InChI=1S/C9H7N3O3/c13-7(6-4-2-1-3-5-6)12-8(14)10-11-9(12)15/h1-5H,(H,10,14)(H,11,15). The highest BCUT2D eigenvalue weighted by Crippen LogP contribution is 1.98. The van der Waals surface area contributed by atoms with Gasteiger partial charge in [0.2, 0.25) is 0 Å². The van der Waals surface area contributed by atoms with Crippen molar-refractivity contribution in [2.24, 2.45) is 0 Å². The fourth-order valence-corrected chi connectivity index (χ4v) is 1.21. The molecule has 0 saturated heterocycles. The number of nitrogens with one attached hydrogen (secondary N) is 2. The van der Waals surface area contributed by atoms with Crippen molar-refractivity contribution in [3.63, 3.8) is 0 Å². The van der Waals surface area contributed by atoms with Crippen LogP contribution in [-0.4, -0.2) is 20.7 Å². The van der Waals surface area contributed by atoms with Gasteiger partial charge in [0.1, 0.15) is 0 Å². The van der Waals surface area contributed by atoms with E-state index in [1.807, 2.05) is 10.2 Å². The number of aromatic amines is 2. The Morgan fingerprint density at radius 3 is 2.07 bits per heavy atom. The number of hydrogen-bond acceptors (Lipinski definition) is 3. The maximum Gasteiger partial charge on any atom is 0.351 e. The summed E-state index contributed by atoms with van der Waals surface area (Å²) in [5.74, 6) is -0.650. The molecule has 1 aromatic heterocycles. The third-order valence-electron chi connectivity index (χ3n) is 1.91. The zero-order valence-electron chi connectivity index (χ0n) is 7.56. The quantitative estimate of drug-likeness (QED) is 0.661. The minimum absolute atomic E-state index is 0.282. The molecule has 0 bridgehead atoms. The van der Waals surface area contributed by atoms with Crippen LogP contribution >= 0.6 is 0 Å². The van der Waals surface area contributed by atoms with E-state index in [-0.39, 0.29) is 5.56 Å². The monoisotopic (exact) mass is 205 g/mol. The molecule has 2 rings (SSSR count). The lowest BCUT2D eigenvalue weighted by molar-refractivity contribution is 0.0952. The second-order valence-corrected chi connectivity index (χ2v) is 2.87. The highest BCUT2D eigenvalue weighted by atomic mass is 16.2. The second kappa shape index (κ2) is 3.41. The highest BCUT2D eigenvalue weighted by molar-refractivity contribution is 5.95. The summed E-state index contributed by atoms with van der Waals surface area (Å²) in [4.78, 5) is 33.9. The average Bonchev–Trinajstić information content (AvgIpc) is 2.59. The summed E-state index contributed by atoms with van der Waals surface area (Å²) >= 11 is 0. The molecule has 0 fully saturated rings. The summed E-state index contributed by atoms with van der Waals surface area (Å²) in [7, 11) is 0. The Kier molecular flexibility index (Phi) is 2.09. The Labute approximate surface area is 83.2 Å². The van der Waals surface area contributed by atoms with E-state index in [1.54, 1.807) is 18.2 Å². The molecule has 0 aliphatic carbocycles. The molecule has 15 heavy (non-hydrogen) atoms. The number of aromatic nitrogens is 3. The summed E-state index contributed by atoms with van der Waals surface area (Å²) in [6.07, 6.45) is 0. The molecule has 0 spiro atoms. The Bertz CT molecular complexity index is 563. The highest BCUT2D eigenvalue weighted by Gasteiger charge is 2.13. The van der Waals surface area contributed by atoms with Crippen LogP contribution in [0.5, 0.6) is 0 Å². The van der Waals surface area contributed by atoms with Gasteiger partial charge in [0.15, 0.2) is 0 Å². The number of carbonyl (C=O) groups is 1. The Morgan fingerprint density at radius 1 is 1.00 bits per heavy atom. The lowest BCUT2D eigenvalue weighted by Crippen LogP contribution is -2.33. The Morgan fingerprint density at radius 2 is 1.53 bits per heavy atom. The summed E-state index contributed by atoms with van der Waals surface area (Å²) in [5.41, 5.74) is -1.26. The first-order valence-corrected chi connectivity index (χ1v) is 4.19. The first-order chi connectivity index (χ1) is 7.20. The number of rotatable bonds is 1. The zero-order chi connectivity index (χ0) is 10.8. The third kappa shape index (κ3) is 1.52. The van der Waals surface area contributed by atoms with Crippen LogP contribution in [0.4, 0.5) is 0 Å². The van der Waals surface area contributed by atoms with Crippen molar-refractivity contribution in [3.8, 4) is 0 Å². The maximum absolute atomic E-state index is 11.7. The van der Waals surface area contributed by atoms with Gasteiger partial charge < -0.3 is 0 Å². The van der Waals surface area contributed by atoms with Crippen LogP contribution in [0.15, 0.2) is 39.9 Å². The van der Waals surface area contributed by atoms with Crippen molar-refractivity contribution >= 4 is 5.91 Å². The van der Waals surface area contributed by atoms with Crippen molar-refractivity contribution in [1.82, 2.24) is 14.8 Å². The van der Waals surface area contributed by atoms with E-state index in [4.69, 9.17) is 0 Å². The average molecular weight is 205 g/mol. The molecule has 1 heterocycles. The van der Waals surface area contributed by atoms with Gasteiger partial charge in [0.05, 0.1) is 0 Å². The van der Waals surface area contributed by atoms with Crippen LogP contribution in [0.2, 0.25) is 0 Å². The van der Waals surface area contributed by atoms with Crippen LogP contribution < -0.4 is 11.4 Å². The molecule has 0 radical (unpaired) electrons. The molecule has 0 aliphatic rings. The topological polar surface area (TPSA) is 87.7 Å². The van der Waals surface area contributed by atoms with E-state index in [2.05, 4.69) is 0 Å². The SMILES string of the molecule is O=C(c1ccccc1)n1c(=O)[nH][nH]c1=O. The third-order valence-corrected chi connectivity index (χ3v) is 1.91. The van der Waals surface area contributed by atoms with Gasteiger partial charge in [-0.15, -0.1) is 0 Å². The van der Waals surface area contributed by atoms with Crippen LogP contribution in [0.3, 0.4) is 0 Å². The molecule has 1 aromatic carbocycles. The van der Waals surface area contributed by atoms with Crippen LogP contribution in [-0.2, 0) is 0 Å². The molecule has 0 aliphatic heterocycles. The van der Waals surface area contributed by atoms with Crippen LogP contribution in [0.25, 0.3) is 0 Å². The van der Waals surface area contributed by atoms with Gasteiger partial charge in [-0.25, -0.2) is 19.8 Å². The van der Waals surface area contributed by atoms with E-state index in [0.717, 1.165) is 0 Å². The number of nitrogens with zero attached hydrogens (tertiary/aromatic N) is 1. The van der Waals surface area contributed by atoms with Crippen molar-refractivity contribution in [2.75, 3.05) is 0 Å². The van der Waals surface area contributed by atoms with E-state index in [0.29, 0.717) is 4.57 Å². The number of hydrogen-bond donors (Lipinski definition) is 2. The molecule has 0 amide bonds. The second-order valence-electron chi connectivity index (χ2n) is 2.87. The zero-order valence-corrected chi connectivity index (χ0v) is 7.56. The lowest BCUT2D eigenvalue weighted by atomic mass is 10.2. The lowest BCUT2D eigenvalue weighted by Gasteiger charge is -1.96. The molecular weight excluding hydrogens is 198 g/mol. The van der Waals surface area contributed by atoms with Gasteiger partial charge >= 0.3 is 11.4 Å². The van der Waals surface area contributed by atoms with Crippen LogP contribution in [0, 0.1) is 0 Å². The van der Waals surface area contributed by atoms with Gasteiger partial charge in [0, 0.05) is 5.56 Å². The van der Waals surface area contributed by atoms with E-state index in [1.165, 1.54) is 12.1 Å². The normalized spacial score (nSPS) is 10.1. The molecule has 2 aromatic rings. The van der Waals surface area contributed by atoms with Crippen molar-refractivity contribution in [2.45, 2.75) is 0 Å². The molecule has 76 valence electrons. The Hall–Kier alpha value is -2.37. The van der Waals surface area contributed by atoms with Gasteiger partial charge in [-0.05, 0) is 12.1 Å². The van der Waals surface area contributed by atoms with Gasteiger partial charge in [0.25, 0.3) is 5.91 Å². The predicted octanol–water partition coefficient (Wildman–Crippen LogP) is -0.447. The summed E-state index contributed by atoms with van der Waals surface area (Å²) < 4.78 is 0.509. The summed E-state index contributed by atoms with van der Waals surface area (Å²) in [5, 5.41) is 4.07. The Balaban J connectivity index is 2.56. The maximum atomic E-state index is 11.7. The minimum Gasteiger partial charge on any atom is -0.268 e. The smallest absolute Gasteiger partial charge is 0.268 e. The van der Waals surface area contributed by atoms with Gasteiger partial charge in [-0.3, -0.25) is 4.79 Å². The van der Waals surface area contributed by atoms with Gasteiger partial charge in [-0.2, -0.15) is 4.57 Å². The molecule has 6 nitrogen and oxygen atoms in total. The molecule has 6 heteroatoms. The minimum atomic E-state index is -0.770. The largest absolute Gasteiger partial charge is 0.351 e. The van der Waals surface area contributed by atoms with Crippen molar-refractivity contribution < 1.29 is 4.79 Å². The summed E-state index contributed by atoms with van der Waals surface area (Å²) in [6, 6.07) is 8.10. The van der Waals surface area contributed by atoms with E-state index >= 15 is 0 Å². The first kappa shape index (κ1) is 9.20. The first-order valence-electron chi connectivity index (χ1n) is 4.19. The number of H-pyrrole nitrogens is 2. The molecule has 0 unspecified atom stereocenters. The van der Waals surface area contributed by atoms with Crippen LogP contribution in [0.1, 0.15) is 10.4 Å².